The van der Waals surface area contributed by atoms with Crippen LogP contribution in [0.25, 0.3) is 0 Å². The van der Waals surface area contributed by atoms with Gasteiger partial charge in [-0.05, 0) is 48.9 Å². The Morgan fingerprint density at radius 2 is 1.72 bits per heavy atom. The highest BCUT2D eigenvalue weighted by Gasteiger charge is 2.29. The number of amides is 2. The Bertz CT molecular complexity index is 925. The Morgan fingerprint density at radius 3 is 2.41 bits per heavy atom. The molecule has 1 aliphatic carbocycles. The summed E-state index contributed by atoms with van der Waals surface area (Å²) < 4.78 is 5.92. The molecule has 6 heteroatoms. The number of hydrogen-bond donors (Lipinski definition) is 1. The third kappa shape index (κ3) is 6.26. The molecule has 2 amide bonds. The number of hydrogen-bond acceptors (Lipinski definition) is 3. The van der Waals surface area contributed by atoms with Crippen LogP contribution in [-0.2, 0) is 16.1 Å². The third-order valence-electron chi connectivity index (χ3n) is 6.06. The van der Waals surface area contributed by atoms with E-state index in [1.54, 1.807) is 17.9 Å². The van der Waals surface area contributed by atoms with Gasteiger partial charge in [0.05, 0.1) is 0 Å². The molecule has 0 saturated heterocycles. The van der Waals surface area contributed by atoms with Crippen molar-refractivity contribution in [3.05, 3.63) is 64.7 Å². The van der Waals surface area contributed by atoms with Gasteiger partial charge < -0.3 is 15.0 Å². The van der Waals surface area contributed by atoms with Crippen LogP contribution in [0.3, 0.4) is 0 Å². The number of para-hydroxylation sites is 1. The van der Waals surface area contributed by atoms with Crippen molar-refractivity contribution in [2.75, 3.05) is 6.61 Å². The zero-order valence-electron chi connectivity index (χ0n) is 19.1. The van der Waals surface area contributed by atoms with Crippen molar-refractivity contribution >= 4 is 23.4 Å². The van der Waals surface area contributed by atoms with Crippen LogP contribution in [0, 0.1) is 0 Å². The first-order chi connectivity index (χ1) is 15.4. The zero-order chi connectivity index (χ0) is 23.1. The minimum absolute atomic E-state index is 0.139. The van der Waals surface area contributed by atoms with E-state index in [2.05, 4.69) is 19.2 Å². The molecule has 3 rings (SSSR count). The smallest absolute Gasteiger partial charge is 0.261 e. The first kappa shape index (κ1) is 24.1. The van der Waals surface area contributed by atoms with Gasteiger partial charge in [0.15, 0.2) is 6.61 Å². The lowest BCUT2D eigenvalue weighted by molar-refractivity contribution is -0.142. The summed E-state index contributed by atoms with van der Waals surface area (Å²) in [6.45, 7) is 6.04. The summed E-state index contributed by atoms with van der Waals surface area (Å²) in [7, 11) is 0. The molecule has 2 aromatic carbocycles. The summed E-state index contributed by atoms with van der Waals surface area (Å²) in [6.07, 6.45) is 4.24. The van der Waals surface area contributed by atoms with Crippen molar-refractivity contribution in [1.82, 2.24) is 10.2 Å². The SMILES string of the molecule is CC(C)c1ccccc1OCC(=O)N(Cc1ccccc1Cl)[C@H](C)C(=O)NC1CCCC1. The predicted molar refractivity (Wildman–Crippen MR) is 128 cm³/mol. The summed E-state index contributed by atoms with van der Waals surface area (Å²) in [5, 5.41) is 3.67. The maximum atomic E-state index is 13.3. The molecule has 0 radical (unpaired) electrons. The minimum Gasteiger partial charge on any atom is -0.483 e. The van der Waals surface area contributed by atoms with Gasteiger partial charge >= 0.3 is 0 Å². The second-order valence-corrected chi connectivity index (χ2v) is 9.17. The average molecular weight is 457 g/mol. The van der Waals surface area contributed by atoms with E-state index in [1.807, 2.05) is 42.5 Å². The molecular formula is C26H33ClN2O3. The molecule has 1 aliphatic rings. The predicted octanol–water partition coefficient (Wildman–Crippen LogP) is 5.32. The van der Waals surface area contributed by atoms with Crippen LogP contribution in [0.2, 0.25) is 5.02 Å². The summed E-state index contributed by atoms with van der Waals surface area (Å²) in [4.78, 5) is 27.8. The molecule has 1 fully saturated rings. The van der Waals surface area contributed by atoms with Crippen molar-refractivity contribution in [1.29, 1.82) is 0 Å². The molecule has 172 valence electrons. The third-order valence-corrected chi connectivity index (χ3v) is 6.43. The number of nitrogens with one attached hydrogen (secondary N) is 1. The van der Waals surface area contributed by atoms with E-state index in [0.29, 0.717) is 10.8 Å². The molecule has 1 saturated carbocycles. The van der Waals surface area contributed by atoms with Crippen molar-refractivity contribution in [2.45, 2.75) is 71.0 Å². The molecule has 0 heterocycles. The van der Waals surface area contributed by atoms with Gasteiger partial charge in [0.2, 0.25) is 5.91 Å². The summed E-state index contributed by atoms with van der Waals surface area (Å²) in [6, 6.07) is 14.7. The van der Waals surface area contributed by atoms with Crippen LogP contribution in [0.15, 0.2) is 48.5 Å². The van der Waals surface area contributed by atoms with E-state index in [4.69, 9.17) is 16.3 Å². The molecule has 0 bridgehead atoms. The molecule has 5 nitrogen and oxygen atoms in total. The number of halogens is 1. The summed E-state index contributed by atoms with van der Waals surface area (Å²) in [5.41, 5.74) is 1.84. The standard InChI is InChI=1S/C26H33ClN2O3/c1-18(2)22-13-7-9-15-24(22)32-17-25(30)29(16-20-10-4-8-14-23(20)27)19(3)26(31)28-21-11-5-6-12-21/h4,7-10,13-15,18-19,21H,5-6,11-12,16-17H2,1-3H3,(H,28,31)/t19-/m1/s1. The van der Waals surface area contributed by atoms with Gasteiger partial charge in [0.1, 0.15) is 11.8 Å². The maximum absolute atomic E-state index is 13.3. The minimum atomic E-state index is -0.636. The van der Waals surface area contributed by atoms with Crippen LogP contribution in [-0.4, -0.2) is 35.4 Å². The lowest BCUT2D eigenvalue weighted by Crippen LogP contribution is -2.50. The monoisotopic (exact) mass is 456 g/mol. The molecule has 0 aromatic heterocycles. The van der Waals surface area contributed by atoms with Crippen molar-refractivity contribution < 1.29 is 14.3 Å². The van der Waals surface area contributed by atoms with Gasteiger partial charge in [0.25, 0.3) is 5.91 Å². The summed E-state index contributed by atoms with van der Waals surface area (Å²) >= 11 is 6.35. The van der Waals surface area contributed by atoms with Crippen molar-refractivity contribution in [2.24, 2.45) is 0 Å². The lowest BCUT2D eigenvalue weighted by atomic mass is 10.0. The number of rotatable bonds is 9. The van der Waals surface area contributed by atoms with Gasteiger partial charge in [-0.3, -0.25) is 9.59 Å². The van der Waals surface area contributed by atoms with E-state index in [0.717, 1.165) is 36.8 Å². The molecule has 1 atom stereocenters. The Labute approximate surface area is 196 Å². The molecule has 1 N–H and O–H groups in total. The normalized spacial score (nSPS) is 14.9. The number of carbonyl (C=O) groups is 2. The van der Waals surface area contributed by atoms with Crippen LogP contribution < -0.4 is 10.1 Å². The first-order valence-corrected chi connectivity index (χ1v) is 11.8. The Hall–Kier alpha value is -2.53. The van der Waals surface area contributed by atoms with Gasteiger partial charge in [-0.25, -0.2) is 0 Å². The van der Waals surface area contributed by atoms with Crippen molar-refractivity contribution in [3.8, 4) is 5.75 Å². The van der Waals surface area contributed by atoms with Crippen LogP contribution >= 0.6 is 11.6 Å². The van der Waals surface area contributed by atoms with Gasteiger partial charge in [-0.2, -0.15) is 0 Å². The fourth-order valence-electron chi connectivity index (χ4n) is 4.10. The van der Waals surface area contributed by atoms with Gasteiger partial charge in [-0.1, -0.05) is 74.7 Å². The maximum Gasteiger partial charge on any atom is 0.261 e. The quantitative estimate of drug-likeness (QED) is 0.555. The van der Waals surface area contributed by atoms with E-state index in [9.17, 15) is 9.59 Å². The number of nitrogens with zero attached hydrogens (tertiary/aromatic N) is 1. The molecule has 32 heavy (non-hydrogen) atoms. The Morgan fingerprint density at radius 1 is 1.06 bits per heavy atom. The highest BCUT2D eigenvalue weighted by molar-refractivity contribution is 6.31. The topological polar surface area (TPSA) is 58.6 Å². The second kappa shape index (κ2) is 11.4. The van der Waals surface area contributed by atoms with E-state index in [-0.39, 0.29) is 36.9 Å². The number of benzene rings is 2. The molecule has 0 unspecified atom stereocenters. The zero-order valence-corrected chi connectivity index (χ0v) is 19.9. The molecule has 2 aromatic rings. The molecular weight excluding hydrogens is 424 g/mol. The number of carbonyl (C=O) groups excluding carboxylic acids is 2. The second-order valence-electron chi connectivity index (χ2n) is 8.76. The summed E-state index contributed by atoms with van der Waals surface area (Å²) in [5.74, 6) is 0.575. The van der Waals surface area contributed by atoms with E-state index >= 15 is 0 Å². The van der Waals surface area contributed by atoms with Gasteiger partial charge in [0, 0.05) is 17.6 Å². The molecule has 0 spiro atoms. The largest absolute Gasteiger partial charge is 0.483 e. The lowest BCUT2D eigenvalue weighted by Gasteiger charge is -2.30. The van der Waals surface area contributed by atoms with E-state index in [1.165, 1.54) is 0 Å². The molecule has 0 aliphatic heterocycles. The first-order valence-electron chi connectivity index (χ1n) is 11.4. The van der Waals surface area contributed by atoms with Crippen LogP contribution in [0.4, 0.5) is 0 Å². The Kier molecular flexibility index (Phi) is 8.57. The van der Waals surface area contributed by atoms with Crippen LogP contribution in [0.1, 0.15) is 63.5 Å². The van der Waals surface area contributed by atoms with Gasteiger partial charge in [-0.15, -0.1) is 0 Å². The highest BCUT2D eigenvalue weighted by Crippen LogP contribution is 2.26. The Balaban J connectivity index is 1.75. The fraction of sp³-hybridized carbons (Fsp3) is 0.462. The fourth-order valence-corrected chi connectivity index (χ4v) is 4.29. The highest BCUT2D eigenvalue weighted by atomic mass is 35.5. The number of ether oxygens (including phenoxy) is 1. The average Bonchev–Trinajstić information content (AvgIpc) is 3.29. The van der Waals surface area contributed by atoms with Crippen molar-refractivity contribution in [3.63, 3.8) is 0 Å². The van der Waals surface area contributed by atoms with Crippen LogP contribution in [0.5, 0.6) is 5.75 Å². The van der Waals surface area contributed by atoms with E-state index < -0.39 is 6.04 Å².